The van der Waals surface area contributed by atoms with Gasteiger partial charge in [-0.25, -0.2) is 0 Å². The molecule has 0 saturated carbocycles. The average molecular weight is 274 g/mol. The van der Waals surface area contributed by atoms with Crippen molar-refractivity contribution in [3.8, 4) is 0 Å². The molecule has 0 heterocycles. The Balaban J connectivity index is 2.09. The van der Waals surface area contributed by atoms with Crippen molar-refractivity contribution in [2.24, 2.45) is 16.9 Å². The predicted octanol–water partition coefficient (Wildman–Crippen LogP) is 2.86. The van der Waals surface area contributed by atoms with E-state index in [2.05, 4.69) is 32.0 Å². The van der Waals surface area contributed by atoms with E-state index in [1.807, 2.05) is 0 Å². The molecule has 3 heteroatoms. The molecule has 0 spiro atoms. The topological polar surface area (TPSA) is 69.1 Å². The number of nitrogens with two attached hydrogens (primary N) is 2. The van der Waals surface area contributed by atoms with E-state index in [1.54, 1.807) is 0 Å². The molecule has 0 bridgehead atoms. The first-order valence-corrected chi connectivity index (χ1v) is 7.53. The van der Waals surface area contributed by atoms with Crippen LogP contribution >= 0.6 is 0 Å². The first kappa shape index (κ1) is 15.0. The van der Waals surface area contributed by atoms with Crippen LogP contribution in [0.2, 0.25) is 0 Å². The number of fused-ring (bicyclic) bond motifs is 1. The van der Waals surface area contributed by atoms with Crippen LogP contribution in [0.4, 0.5) is 0 Å². The molecule has 0 aliphatic heterocycles. The zero-order valence-corrected chi connectivity index (χ0v) is 12.6. The van der Waals surface area contributed by atoms with Crippen LogP contribution in [0.3, 0.4) is 0 Å². The fourth-order valence-corrected chi connectivity index (χ4v) is 3.24. The molecule has 2 rings (SSSR count). The second-order valence-electron chi connectivity index (χ2n) is 6.85. The maximum atomic E-state index is 11.1. The van der Waals surface area contributed by atoms with Crippen LogP contribution in [0, 0.1) is 5.41 Å². The Morgan fingerprint density at radius 3 is 2.55 bits per heavy atom. The number of rotatable bonds is 5. The van der Waals surface area contributed by atoms with Crippen LogP contribution in [-0.4, -0.2) is 5.91 Å². The SMILES string of the molecule is CC(C)(CC(N)=O)CC(N)c1ccc2c(c1)CCCC2. The van der Waals surface area contributed by atoms with Gasteiger partial charge in [0.1, 0.15) is 0 Å². The van der Waals surface area contributed by atoms with Crippen molar-refractivity contribution in [1.29, 1.82) is 0 Å². The van der Waals surface area contributed by atoms with E-state index >= 15 is 0 Å². The van der Waals surface area contributed by atoms with Gasteiger partial charge in [0.2, 0.25) is 5.91 Å². The lowest BCUT2D eigenvalue weighted by Gasteiger charge is -2.27. The molecule has 3 nitrogen and oxygen atoms in total. The lowest BCUT2D eigenvalue weighted by Crippen LogP contribution is -2.27. The molecule has 0 fully saturated rings. The molecular weight excluding hydrogens is 248 g/mol. The molecule has 1 aromatic carbocycles. The second kappa shape index (κ2) is 5.96. The van der Waals surface area contributed by atoms with Gasteiger partial charge in [-0.3, -0.25) is 4.79 Å². The summed E-state index contributed by atoms with van der Waals surface area (Å²) in [4.78, 5) is 11.1. The minimum absolute atomic E-state index is 0.0309. The quantitative estimate of drug-likeness (QED) is 0.866. The Kier molecular flexibility index (Phi) is 4.48. The van der Waals surface area contributed by atoms with E-state index < -0.39 is 0 Å². The molecular formula is C17H26N2O. The number of amides is 1. The maximum absolute atomic E-state index is 11.1. The Morgan fingerprint density at radius 1 is 1.25 bits per heavy atom. The van der Waals surface area contributed by atoms with E-state index in [0.29, 0.717) is 6.42 Å². The summed E-state index contributed by atoms with van der Waals surface area (Å²) in [5.41, 5.74) is 15.6. The van der Waals surface area contributed by atoms with Gasteiger partial charge in [-0.05, 0) is 54.2 Å². The monoisotopic (exact) mass is 274 g/mol. The Bertz CT molecular complexity index is 494. The van der Waals surface area contributed by atoms with Crippen LogP contribution in [0.25, 0.3) is 0 Å². The number of benzene rings is 1. The zero-order chi connectivity index (χ0) is 14.8. The summed E-state index contributed by atoms with van der Waals surface area (Å²) in [5.74, 6) is -0.257. The van der Waals surface area contributed by atoms with Gasteiger partial charge in [0.25, 0.3) is 0 Å². The van der Waals surface area contributed by atoms with Gasteiger partial charge < -0.3 is 11.5 Å². The Hall–Kier alpha value is -1.35. The van der Waals surface area contributed by atoms with Crippen molar-refractivity contribution in [3.05, 3.63) is 34.9 Å². The molecule has 1 aliphatic rings. The van der Waals surface area contributed by atoms with Crippen molar-refractivity contribution < 1.29 is 4.79 Å². The number of aryl methyl sites for hydroxylation is 2. The van der Waals surface area contributed by atoms with Gasteiger partial charge in [-0.15, -0.1) is 0 Å². The van der Waals surface area contributed by atoms with Crippen molar-refractivity contribution >= 4 is 5.91 Å². The van der Waals surface area contributed by atoms with Gasteiger partial charge in [-0.2, -0.15) is 0 Å². The van der Waals surface area contributed by atoms with Gasteiger partial charge >= 0.3 is 0 Å². The number of carbonyl (C=O) groups is 1. The maximum Gasteiger partial charge on any atom is 0.217 e. The summed E-state index contributed by atoms with van der Waals surface area (Å²) in [7, 11) is 0. The van der Waals surface area contributed by atoms with Gasteiger partial charge in [0.05, 0.1) is 0 Å². The summed E-state index contributed by atoms with van der Waals surface area (Å²) < 4.78 is 0. The van der Waals surface area contributed by atoms with Gasteiger partial charge in [-0.1, -0.05) is 32.0 Å². The average Bonchev–Trinajstić information content (AvgIpc) is 2.36. The van der Waals surface area contributed by atoms with Crippen molar-refractivity contribution in [2.45, 2.75) is 58.4 Å². The molecule has 0 aromatic heterocycles. The molecule has 1 atom stereocenters. The van der Waals surface area contributed by atoms with Crippen LogP contribution in [0.15, 0.2) is 18.2 Å². The van der Waals surface area contributed by atoms with Crippen LogP contribution in [0.5, 0.6) is 0 Å². The molecule has 0 radical (unpaired) electrons. The van der Waals surface area contributed by atoms with Crippen molar-refractivity contribution in [1.82, 2.24) is 0 Å². The summed E-state index contributed by atoms with van der Waals surface area (Å²) in [5, 5.41) is 0. The second-order valence-corrected chi connectivity index (χ2v) is 6.85. The van der Waals surface area contributed by atoms with E-state index in [4.69, 9.17) is 11.5 Å². The smallest absolute Gasteiger partial charge is 0.217 e. The third-order valence-electron chi connectivity index (χ3n) is 4.23. The summed E-state index contributed by atoms with van der Waals surface area (Å²) >= 11 is 0. The first-order chi connectivity index (χ1) is 9.37. The molecule has 1 amide bonds. The summed E-state index contributed by atoms with van der Waals surface area (Å²) in [6.45, 7) is 4.10. The summed E-state index contributed by atoms with van der Waals surface area (Å²) in [6.07, 6.45) is 6.09. The number of primary amides is 1. The predicted molar refractivity (Wildman–Crippen MR) is 82.2 cm³/mol. The molecule has 110 valence electrons. The molecule has 0 saturated heterocycles. The van der Waals surface area contributed by atoms with Gasteiger partial charge in [0.15, 0.2) is 0 Å². The molecule has 20 heavy (non-hydrogen) atoms. The minimum atomic E-state index is -0.257. The van der Waals surface area contributed by atoms with E-state index in [-0.39, 0.29) is 17.4 Å². The van der Waals surface area contributed by atoms with Crippen LogP contribution in [0.1, 0.15) is 62.3 Å². The third kappa shape index (κ3) is 3.83. The minimum Gasteiger partial charge on any atom is -0.370 e. The fourth-order valence-electron chi connectivity index (χ4n) is 3.24. The normalized spacial score (nSPS) is 16.6. The first-order valence-electron chi connectivity index (χ1n) is 7.53. The number of hydrogen-bond acceptors (Lipinski definition) is 2. The highest BCUT2D eigenvalue weighted by Crippen LogP contribution is 2.33. The van der Waals surface area contributed by atoms with E-state index in [0.717, 1.165) is 6.42 Å². The fraction of sp³-hybridized carbons (Fsp3) is 0.588. The van der Waals surface area contributed by atoms with E-state index in [1.165, 1.54) is 42.4 Å². The molecule has 1 aromatic rings. The molecule has 1 unspecified atom stereocenters. The lowest BCUT2D eigenvalue weighted by molar-refractivity contribution is -0.120. The highest BCUT2D eigenvalue weighted by Gasteiger charge is 2.25. The Morgan fingerprint density at radius 2 is 1.90 bits per heavy atom. The molecule has 4 N–H and O–H groups in total. The lowest BCUT2D eigenvalue weighted by atomic mass is 9.80. The zero-order valence-electron chi connectivity index (χ0n) is 12.6. The number of carbonyl (C=O) groups excluding carboxylic acids is 1. The largest absolute Gasteiger partial charge is 0.370 e. The summed E-state index contributed by atoms with van der Waals surface area (Å²) in [6, 6.07) is 6.61. The highest BCUT2D eigenvalue weighted by atomic mass is 16.1. The van der Waals surface area contributed by atoms with Crippen molar-refractivity contribution in [2.75, 3.05) is 0 Å². The Labute approximate surface area is 121 Å². The molecule has 1 aliphatic carbocycles. The van der Waals surface area contributed by atoms with Gasteiger partial charge in [0, 0.05) is 12.5 Å². The van der Waals surface area contributed by atoms with Crippen LogP contribution < -0.4 is 11.5 Å². The van der Waals surface area contributed by atoms with Crippen LogP contribution in [-0.2, 0) is 17.6 Å². The number of hydrogen-bond donors (Lipinski definition) is 2. The third-order valence-corrected chi connectivity index (χ3v) is 4.23. The van der Waals surface area contributed by atoms with E-state index in [9.17, 15) is 4.79 Å². The standard InChI is InChI=1S/C17H26N2O/c1-17(2,11-16(19)20)10-15(18)14-8-7-12-5-3-4-6-13(12)9-14/h7-9,15H,3-6,10-11,18H2,1-2H3,(H2,19,20). The highest BCUT2D eigenvalue weighted by molar-refractivity contribution is 5.74. The van der Waals surface area contributed by atoms with Crippen molar-refractivity contribution in [3.63, 3.8) is 0 Å².